The Morgan fingerprint density at radius 2 is 2.05 bits per heavy atom. The van der Waals surface area contributed by atoms with E-state index in [1.165, 1.54) is 11.1 Å². The molecule has 4 heteroatoms. The number of hydrogen-bond acceptors (Lipinski definition) is 4. The maximum Gasteiger partial charge on any atom is 0.0846 e. The molecule has 0 saturated heterocycles. The van der Waals surface area contributed by atoms with Crippen LogP contribution in [0, 0.1) is 0 Å². The highest BCUT2D eigenvalue weighted by Crippen LogP contribution is 2.33. The second-order valence-electron chi connectivity index (χ2n) is 5.04. The molecule has 2 unspecified atom stereocenters. The summed E-state index contributed by atoms with van der Waals surface area (Å²) in [7, 11) is 0. The lowest BCUT2D eigenvalue weighted by Crippen LogP contribution is -2.31. The van der Waals surface area contributed by atoms with Gasteiger partial charge >= 0.3 is 0 Å². The van der Waals surface area contributed by atoms with E-state index in [-0.39, 0.29) is 12.1 Å². The van der Waals surface area contributed by atoms with Crippen LogP contribution in [0.5, 0.6) is 0 Å². The fraction of sp³-hybridized carbons (Fsp3) is 0.312. The Balaban J connectivity index is 1.81. The second-order valence-corrected chi connectivity index (χ2v) is 5.04. The van der Waals surface area contributed by atoms with Gasteiger partial charge in [0.1, 0.15) is 0 Å². The normalized spacial score (nSPS) is 19.4. The van der Waals surface area contributed by atoms with Gasteiger partial charge in [-0.15, -0.1) is 0 Å². The van der Waals surface area contributed by atoms with Gasteiger partial charge in [-0.3, -0.25) is 16.3 Å². The van der Waals surface area contributed by atoms with Gasteiger partial charge < -0.3 is 4.74 Å². The molecule has 0 aliphatic carbocycles. The summed E-state index contributed by atoms with van der Waals surface area (Å²) in [5.74, 6) is 5.72. The topological polar surface area (TPSA) is 60.2 Å². The fourth-order valence-electron chi connectivity index (χ4n) is 2.78. The summed E-state index contributed by atoms with van der Waals surface area (Å²) in [5, 5.41) is 0. The predicted octanol–water partition coefficient (Wildman–Crippen LogP) is 2.29. The Morgan fingerprint density at radius 3 is 2.85 bits per heavy atom. The number of rotatable bonds is 4. The minimum absolute atomic E-state index is 0.0640. The lowest BCUT2D eigenvalue weighted by atomic mass is 9.92. The van der Waals surface area contributed by atoms with E-state index in [4.69, 9.17) is 10.6 Å². The standard InChI is InChI=1S/C16H19N3O/c17-19-15(13-5-8-18-9-6-13)11-16-14-4-2-1-3-12(14)7-10-20-16/h1-6,8-9,15-16,19H,7,10-11,17H2. The van der Waals surface area contributed by atoms with E-state index in [0.717, 1.165) is 25.0 Å². The number of fused-ring (bicyclic) bond motifs is 1. The van der Waals surface area contributed by atoms with Crippen molar-refractivity contribution in [3.8, 4) is 0 Å². The van der Waals surface area contributed by atoms with Crippen LogP contribution in [-0.4, -0.2) is 11.6 Å². The Labute approximate surface area is 119 Å². The van der Waals surface area contributed by atoms with Crippen LogP contribution < -0.4 is 11.3 Å². The molecule has 1 aromatic heterocycles. The molecule has 3 rings (SSSR count). The predicted molar refractivity (Wildman–Crippen MR) is 77.8 cm³/mol. The molecule has 0 spiro atoms. The third kappa shape index (κ3) is 2.72. The van der Waals surface area contributed by atoms with Gasteiger partial charge in [0, 0.05) is 18.4 Å². The van der Waals surface area contributed by atoms with Gasteiger partial charge in [-0.2, -0.15) is 0 Å². The first kappa shape index (κ1) is 13.2. The number of aromatic nitrogens is 1. The van der Waals surface area contributed by atoms with Gasteiger partial charge in [-0.25, -0.2) is 0 Å². The second kappa shape index (κ2) is 6.13. The summed E-state index contributed by atoms with van der Waals surface area (Å²) >= 11 is 0. The van der Waals surface area contributed by atoms with Gasteiger partial charge in [0.25, 0.3) is 0 Å². The van der Waals surface area contributed by atoms with Crippen molar-refractivity contribution >= 4 is 0 Å². The summed E-state index contributed by atoms with van der Waals surface area (Å²) in [5.41, 5.74) is 6.69. The zero-order chi connectivity index (χ0) is 13.8. The molecule has 0 amide bonds. The third-order valence-electron chi connectivity index (χ3n) is 3.85. The Hall–Kier alpha value is -1.75. The van der Waals surface area contributed by atoms with Crippen LogP contribution in [0.3, 0.4) is 0 Å². The van der Waals surface area contributed by atoms with Crippen LogP contribution in [0.2, 0.25) is 0 Å². The van der Waals surface area contributed by atoms with Crippen molar-refractivity contribution in [1.29, 1.82) is 0 Å². The van der Waals surface area contributed by atoms with Crippen molar-refractivity contribution in [3.63, 3.8) is 0 Å². The molecular formula is C16H19N3O. The van der Waals surface area contributed by atoms with Gasteiger partial charge in [0.05, 0.1) is 12.7 Å². The summed E-state index contributed by atoms with van der Waals surface area (Å²) in [6.45, 7) is 0.773. The molecule has 2 heterocycles. The fourth-order valence-corrected chi connectivity index (χ4v) is 2.78. The molecule has 0 bridgehead atoms. The molecule has 2 atom stereocenters. The van der Waals surface area contributed by atoms with Crippen LogP contribution in [0.4, 0.5) is 0 Å². The van der Waals surface area contributed by atoms with E-state index in [1.807, 2.05) is 12.1 Å². The molecule has 104 valence electrons. The first-order valence-corrected chi connectivity index (χ1v) is 6.94. The number of ether oxygens (including phenoxy) is 1. The highest BCUT2D eigenvalue weighted by Gasteiger charge is 2.24. The summed E-state index contributed by atoms with van der Waals surface area (Å²) in [6, 6.07) is 12.5. The maximum atomic E-state index is 5.95. The zero-order valence-electron chi connectivity index (χ0n) is 11.3. The molecule has 20 heavy (non-hydrogen) atoms. The van der Waals surface area contributed by atoms with Gasteiger partial charge in [0.15, 0.2) is 0 Å². The van der Waals surface area contributed by atoms with E-state index in [1.54, 1.807) is 12.4 Å². The quantitative estimate of drug-likeness (QED) is 0.660. The minimum atomic E-state index is 0.0640. The highest BCUT2D eigenvalue weighted by atomic mass is 16.5. The molecule has 1 aliphatic rings. The number of benzene rings is 1. The van der Waals surface area contributed by atoms with Crippen molar-refractivity contribution in [2.75, 3.05) is 6.61 Å². The number of hydrogen-bond donors (Lipinski definition) is 2. The smallest absolute Gasteiger partial charge is 0.0846 e. The SMILES string of the molecule is NNC(CC1OCCc2ccccc21)c1ccncc1. The number of hydrazine groups is 1. The number of pyridine rings is 1. The molecule has 3 N–H and O–H groups in total. The first-order chi connectivity index (χ1) is 9.88. The molecule has 0 fully saturated rings. The zero-order valence-corrected chi connectivity index (χ0v) is 11.3. The van der Waals surface area contributed by atoms with Crippen molar-refractivity contribution in [2.24, 2.45) is 5.84 Å². The van der Waals surface area contributed by atoms with Crippen LogP contribution in [0.1, 0.15) is 35.3 Å². The average Bonchev–Trinajstić information content (AvgIpc) is 2.53. The van der Waals surface area contributed by atoms with Crippen molar-refractivity contribution in [1.82, 2.24) is 10.4 Å². The average molecular weight is 269 g/mol. The van der Waals surface area contributed by atoms with Gasteiger partial charge in [-0.05, 0) is 41.7 Å². The number of nitrogens with one attached hydrogen (secondary N) is 1. The summed E-state index contributed by atoms with van der Waals surface area (Å²) in [6.07, 6.45) is 5.47. The summed E-state index contributed by atoms with van der Waals surface area (Å²) in [4.78, 5) is 4.04. The molecule has 0 radical (unpaired) electrons. The van der Waals surface area contributed by atoms with Gasteiger partial charge in [-0.1, -0.05) is 24.3 Å². The number of nitrogens with zero attached hydrogens (tertiary/aromatic N) is 1. The summed E-state index contributed by atoms with van der Waals surface area (Å²) < 4.78 is 5.95. The Morgan fingerprint density at radius 1 is 1.25 bits per heavy atom. The van der Waals surface area contributed by atoms with Crippen molar-refractivity contribution in [2.45, 2.75) is 25.0 Å². The Kier molecular flexibility index (Phi) is 4.06. The van der Waals surface area contributed by atoms with E-state index in [0.29, 0.717) is 0 Å². The van der Waals surface area contributed by atoms with Gasteiger partial charge in [0.2, 0.25) is 0 Å². The van der Waals surface area contributed by atoms with E-state index >= 15 is 0 Å². The Bertz CT molecular complexity index is 559. The van der Waals surface area contributed by atoms with Crippen LogP contribution in [0.25, 0.3) is 0 Å². The maximum absolute atomic E-state index is 5.95. The van der Waals surface area contributed by atoms with Crippen molar-refractivity contribution < 1.29 is 4.74 Å². The van der Waals surface area contributed by atoms with Crippen LogP contribution in [-0.2, 0) is 11.2 Å². The molecular weight excluding hydrogens is 250 g/mol. The van der Waals surface area contributed by atoms with Crippen LogP contribution in [0.15, 0.2) is 48.8 Å². The minimum Gasteiger partial charge on any atom is -0.373 e. The molecule has 2 aromatic rings. The lowest BCUT2D eigenvalue weighted by molar-refractivity contribution is 0.0293. The molecule has 1 aromatic carbocycles. The largest absolute Gasteiger partial charge is 0.373 e. The van der Waals surface area contributed by atoms with E-state index < -0.39 is 0 Å². The highest BCUT2D eigenvalue weighted by molar-refractivity contribution is 5.31. The molecule has 1 aliphatic heterocycles. The molecule has 4 nitrogen and oxygen atoms in total. The number of nitrogens with two attached hydrogens (primary N) is 1. The lowest BCUT2D eigenvalue weighted by Gasteiger charge is -2.29. The van der Waals surface area contributed by atoms with Crippen molar-refractivity contribution in [3.05, 3.63) is 65.5 Å². The first-order valence-electron chi connectivity index (χ1n) is 6.94. The monoisotopic (exact) mass is 269 g/mol. The van der Waals surface area contributed by atoms with E-state index in [2.05, 4.69) is 34.7 Å². The van der Waals surface area contributed by atoms with Crippen LogP contribution >= 0.6 is 0 Å². The molecule has 0 saturated carbocycles. The third-order valence-corrected chi connectivity index (χ3v) is 3.85. The van der Waals surface area contributed by atoms with E-state index in [9.17, 15) is 0 Å².